The lowest BCUT2D eigenvalue weighted by molar-refractivity contribution is -0.133. The van der Waals surface area contributed by atoms with Crippen molar-refractivity contribution in [2.24, 2.45) is 11.8 Å². The van der Waals surface area contributed by atoms with Crippen LogP contribution in [0.2, 0.25) is 0 Å². The summed E-state index contributed by atoms with van der Waals surface area (Å²) < 4.78 is 26.4. The van der Waals surface area contributed by atoms with Crippen molar-refractivity contribution < 1.29 is 18.0 Å². The van der Waals surface area contributed by atoms with Crippen LogP contribution in [-0.2, 0) is 25.8 Å². The summed E-state index contributed by atoms with van der Waals surface area (Å²) in [4.78, 5) is 27.9. The second-order valence-electron chi connectivity index (χ2n) is 8.15. The average Bonchev–Trinajstić information content (AvgIpc) is 3.01. The first-order chi connectivity index (χ1) is 13.1. The Bertz CT molecular complexity index is 890. The van der Waals surface area contributed by atoms with Crippen LogP contribution in [0.3, 0.4) is 0 Å². The zero-order chi connectivity index (χ0) is 20.6. The minimum Gasteiger partial charge on any atom is -0.342 e. The maximum Gasteiger partial charge on any atom is 0.223 e. The number of anilines is 1. The summed E-state index contributed by atoms with van der Waals surface area (Å²) in [6.07, 6.45) is 1.77. The molecule has 2 atom stereocenters. The molecule has 0 aromatic heterocycles. The number of amides is 2. The quantitative estimate of drug-likeness (QED) is 0.677. The van der Waals surface area contributed by atoms with Gasteiger partial charge in [-0.05, 0) is 58.3 Å². The Morgan fingerprint density at radius 3 is 2.43 bits per heavy atom. The molecule has 1 fully saturated rings. The van der Waals surface area contributed by atoms with Gasteiger partial charge in [-0.25, -0.2) is 8.42 Å². The van der Waals surface area contributed by atoms with E-state index < -0.39 is 9.84 Å². The van der Waals surface area contributed by atoms with Crippen molar-refractivity contribution in [3.8, 4) is 0 Å². The molecule has 0 bridgehead atoms. The van der Waals surface area contributed by atoms with Crippen LogP contribution in [0.4, 0.5) is 5.69 Å². The summed E-state index contributed by atoms with van der Waals surface area (Å²) >= 11 is 3.36. The SMILES string of the molecule is CC(=O)N1CCc2cc(Br)c(S(=O)(=O)CCC(=O)N3CC(C)CC(C)C3)cc21. The van der Waals surface area contributed by atoms with E-state index in [1.165, 1.54) is 6.92 Å². The third-order valence-corrected chi connectivity index (χ3v) is 8.22. The third kappa shape index (κ3) is 4.43. The van der Waals surface area contributed by atoms with E-state index in [2.05, 4.69) is 29.8 Å². The molecular formula is C20H27BrN2O4S. The van der Waals surface area contributed by atoms with Crippen molar-refractivity contribution in [2.45, 2.75) is 44.9 Å². The molecule has 8 heteroatoms. The minimum absolute atomic E-state index is 0.0261. The average molecular weight is 471 g/mol. The Morgan fingerprint density at radius 2 is 1.82 bits per heavy atom. The highest BCUT2D eigenvalue weighted by molar-refractivity contribution is 9.10. The highest BCUT2D eigenvalue weighted by Gasteiger charge is 2.29. The smallest absolute Gasteiger partial charge is 0.223 e. The second kappa shape index (κ2) is 8.14. The van der Waals surface area contributed by atoms with Crippen LogP contribution >= 0.6 is 15.9 Å². The van der Waals surface area contributed by atoms with Crippen LogP contribution in [0.5, 0.6) is 0 Å². The predicted molar refractivity (Wildman–Crippen MR) is 112 cm³/mol. The molecule has 1 saturated heterocycles. The van der Waals surface area contributed by atoms with Gasteiger partial charge in [0.25, 0.3) is 0 Å². The molecule has 1 aromatic rings. The number of benzene rings is 1. The van der Waals surface area contributed by atoms with E-state index in [0.717, 1.165) is 12.0 Å². The fourth-order valence-corrected chi connectivity index (χ4v) is 6.75. The molecule has 2 aliphatic rings. The summed E-state index contributed by atoms with van der Waals surface area (Å²) in [5.74, 6) is 0.431. The molecule has 0 aliphatic carbocycles. The van der Waals surface area contributed by atoms with Gasteiger partial charge in [-0.3, -0.25) is 9.59 Å². The fraction of sp³-hybridized carbons (Fsp3) is 0.600. The van der Waals surface area contributed by atoms with Crippen molar-refractivity contribution in [2.75, 3.05) is 30.3 Å². The molecule has 2 amide bonds. The maximum atomic E-state index is 12.9. The lowest BCUT2D eigenvalue weighted by Crippen LogP contribution is -2.43. The van der Waals surface area contributed by atoms with Gasteiger partial charge in [-0.2, -0.15) is 0 Å². The topological polar surface area (TPSA) is 74.8 Å². The van der Waals surface area contributed by atoms with Crippen LogP contribution < -0.4 is 4.90 Å². The lowest BCUT2D eigenvalue weighted by atomic mass is 9.92. The molecule has 3 rings (SSSR count). The number of carbonyl (C=O) groups excluding carboxylic acids is 2. The number of rotatable bonds is 4. The first-order valence-corrected chi connectivity index (χ1v) is 12.1. The van der Waals surface area contributed by atoms with E-state index in [9.17, 15) is 18.0 Å². The zero-order valence-electron chi connectivity index (χ0n) is 16.6. The number of halogens is 1. The summed E-state index contributed by atoms with van der Waals surface area (Å²) in [6, 6.07) is 3.35. The molecule has 28 heavy (non-hydrogen) atoms. The zero-order valence-corrected chi connectivity index (χ0v) is 19.0. The first-order valence-electron chi connectivity index (χ1n) is 9.69. The monoisotopic (exact) mass is 470 g/mol. The van der Waals surface area contributed by atoms with Crippen LogP contribution in [-0.4, -0.2) is 50.5 Å². The molecule has 1 aromatic carbocycles. The van der Waals surface area contributed by atoms with Gasteiger partial charge in [0, 0.05) is 43.1 Å². The van der Waals surface area contributed by atoms with Gasteiger partial charge in [0.1, 0.15) is 0 Å². The van der Waals surface area contributed by atoms with Crippen molar-refractivity contribution in [1.29, 1.82) is 0 Å². The van der Waals surface area contributed by atoms with Gasteiger partial charge >= 0.3 is 0 Å². The van der Waals surface area contributed by atoms with Crippen LogP contribution in [0.25, 0.3) is 0 Å². The van der Waals surface area contributed by atoms with Gasteiger partial charge in [0.2, 0.25) is 11.8 Å². The Balaban J connectivity index is 1.75. The standard InChI is InChI=1S/C20H27BrN2O4S/c1-13-8-14(2)12-22(11-13)20(25)5-7-28(26,27)19-10-18-16(9-17(19)21)4-6-23(18)15(3)24/h9-10,13-14H,4-8,11-12H2,1-3H3. The van der Waals surface area contributed by atoms with Gasteiger partial charge in [0.15, 0.2) is 9.84 Å². The summed E-state index contributed by atoms with van der Waals surface area (Å²) in [5.41, 5.74) is 1.60. The van der Waals surface area contributed by atoms with Crippen molar-refractivity contribution in [1.82, 2.24) is 4.90 Å². The van der Waals surface area contributed by atoms with E-state index in [1.54, 1.807) is 21.9 Å². The van der Waals surface area contributed by atoms with Crippen molar-refractivity contribution >= 4 is 43.3 Å². The van der Waals surface area contributed by atoms with E-state index in [0.29, 0.717) is 48.1 Å². The number of likely N-dealkylation sites (tertiary alicyclic amines) is 1. The number of nitrogens with zero attached hydrogens (tertiary/aromatic N) is 2. The van der Waals surface area contributed by atoms with E-state index in [1.807, 2.05) is 0 Å². The number of fused-ring (bicyclic) bond motifs is 1. The van der Waals surface area contributed by atoms with Gasteiger partial charge in [-0.15, -0.1) is 0 Å². The normalized spacial score (nSPS) is 22.3. The van der Waals surface area contributed by atoms with Gasteiger partial charge in [-0.1, -0.05) is 13.8 Å². The summed E-state index contributed by atoms with van der Waals surface area (Å²) in [6.45, 7) is 7.66. The van der Waals surface area contributed by atoms with Gasteiger partial charge in [0.05, 0.1) is 10.6 Å². The number of sulfone groups is 1. The predicted octanol–water partition coefficient (Wildman–Crippen LogP) is 3.03. The number of piperidine rings is 1. The minimum atomic E-state index is -3.65. The molecule has 0 radical (unpaired) electrons. The molecule has 0 saturated carbocycles. The van der Waals surface area contributed by atoms with Crippen molar-refractivity contribution in [3.05, 3.63) is 22.2 Å². The lowest BCUT2D eigenvalue weighted by Gasteiger charge is -2.35. The molecule has 6 nitrogen and oxygen atoms in total. The molecule has 0 N–H and O–H groups in total. The number of hydrogen-bond acceptors (Lipinski definition) is 4. The maximum absolute atomic E-state index is 12.9. The molecule has 154 valence electrons. The largest absolute Gasteiger partial charge is 0.342 e. The second-order valence-corrected chi connectivity index (χ2v) is 11.1. The summed E-state index contributed by atoms with van der Waals surface area (Å²) in [7, 11) is -3.65. The third-order valence-electron chi connectivity index (χ3n) is 5.55. The Labute approximate surface area is 175 Å². The number of hydrogen-bond donors (Lipinski definition) is 0. The van der Waals surface area contributed by atoms with E-state index >= 15 is 0 Å². The summed E-state index contributed by atoms with van der Waals surface area (Å²) in [5, 5.41) is 0. The van der Waals surface area contributed by atoms with E-state index in [4.69, 9.17) is 0 Å². The highest BCUT2D eigenvalue weighted by Crippen LogP contribution is 2.36. The molecule has 0 spiro atoms. The Hall–Kier alpha value is -1.41. The first kappa shape index (κ1) is 21.3. The van der Waals surface area contributed by atoms with Crippen molar-refractivity contribution in [3.63, 3.8) is 0 Å². The molecular weight excluding hydrogens is 444 g/mol. The van der Waals surface area contributed by atoms with Gasteiger partial charge < -0.3 is 9.80 Å². The molecule has 2 aliphatic heterocycles. The Morgan fingerprint density at radius 1 is 1.18 bits per heavy atom. The van der Waals surface area contributed by atoms with Crippen LogP contribution in [0.15, 0.2) is 21.5 Å². The fourth-order valence-electron chi connectivity index (χ4n) is 4.31. The highest BCUT2D eigenvalue weighted by atomic mass is 79.9. The number of carbonyl (C=O) groups is 2. The van der Waals surface area contributed by atoms with E-state index in [-0.39, 0.29) is 28.9 Å². The molecule has 2 heterocycles. The van der Waals surface area contributed by atoms with Crippen LogP contribution in [0, 0.1) is 11.8 Å². The molecule has 2 unspecified atom stereocenters. The van der Waals surface area contributed by atoms with Crippen LogP contribution in [0.1, 0.15) is 39.2 Å². The Kier molecular flexibility index (Phi) is 6.20.